The molecule has 0 radical (unpaired) electrons. The number of rotatable bonds is 10. The first-order valence-corrected chi connectivity index (χ1v) is 9.31. The molecule has 136 valence electrons. The molecule has 0 aromatic rings. The molecule has 0 aliphatic heterocycles. The standard InChI is InChI=1S/C18H39N5/c1-8-19-18(20-11-12-23(14(2)3)15(4)5)21-13-17(22(6)7)16-9-10-16/h14-17H,8-13H2,1-7H3,(H2,19,20,21). The van der Waals surface area contributed by atoms with Gasteiger partial charge in [0.05, 0.1) is 6.54 Å². The molecule has 0 aromatic heterocycles. The highest BCUT2D eigenvalue weighted by Gasteiger charge is 2.32. The van der Waals surface area contributed by atoms with Crippen LogP contribution in [0.5, 0.6) is 0 Å². The van der Waals surface area contributed by atoms with Crippen molar-refractivity contribution >= 4 is 5.96 Å². The number of aliphatic imine (C=N–C) groups is 1. The molecule has 0 heterocycles. The van der Waals surface area contributed by atoms with Gasteiger partial charge in [0.2, 0.25) is 0 Å². The van der Waals surface area contributed by atoms with Crippen molar-refractivity contribution in [3.8, 4) is 0 Å². The fraction of sp³-hybridized carbons (Fsp3) is 0.944. The van der Waals surface area contributed by atoms with E-state index in [0.29, 0.717) is 18.1 Å². The highest BCUT2D eigenvalue weighted by Crippen LogP contribution is 2.34. The topological polar surface area (TPSA) is 42.9 Å². The average Bonchev–Trinajstić information content (AvgIpc) is 3.26. The SMILES string of the molecule is CCNC(=NCC(C1CC1)N(C)C)NCCN(C(C)C)C(C)C. The van der Waals surface area contributed by atoms with Gasteiger partial charge in [-0.05, 0) is 67.5 Å². The van der Waals surface area contributed by atoms with Gasteiger partial charge in [0, 0.05) is 37.8 Å². The summed E-state index contributed by atoms with van der Waals surface area (Å²) >= 11 is 0. The zero-order chi connectivity index (χ0) is 17.4. The second kappa shape index (κ2) is 10.1. The van der Waals surface area contributed by atoms with Gasteiger partial charge in [-0.25, -0.2) is 0 Å². The van der Waals surface area contributed by atoms with Crippen molar-refractivity contribution in [3.05, 3.63) is 0 Å². The molecule has 1 saturated carbocycles. The summed E-state index contributed by atoms with van der Waals surface area (Å²) in [5.41, 5.74) is 0. The van der Waals surface area contributed by atoms with Crippen LogP contribution in [0.25, 0.3) is 0 Å². The van der Waals surface area contributed by atoms with Crippen molar-refractivity contribution in [3.63, 3.8) is 0 Å². The number of hydrogen-bond acceptors (Lipinski definition) is 3. The second-order valence-corrected chi connectivity index (χ2v) is 7.44. The minimum absolute atomic E-state index is 0.573. The van der Waals surface area contributed by atoms with Crippen LogP contribution >= 0.6 is 0 Å². The molecular weight excluding hydrogens is 286 g/mol. The van der Waals surface area contributed by atoms with Gasteiger partial charge in [-0.2, -0.15) is 0 Å². The van der Waals surface area contributed by atoms with Crippen molar-refractivity contribution < 1.29 is 0 Å². The number of nitrogens with one attached hydrogen (secondary N) is 2. The lowest BCUT2D eigenvalue weighted by molar-refractivity contribution is 0.178. The fourth-order valence-electron chi connectivity index (χ4n) is 3.16. The van der Waals surface area contributed by atoms with E-state index in [1.807, 2.05) is 0 Å². The molecule has 2 N–H and O–H groups in total. The van der Waals surface area contributed by atoms with E-state index in [-0.39, 0.29) is 0 Å². The summed E-state index contributed by atoms with van der Waals surface area (Å²) in [6, 6.07) is 1.72. The molecule has 23 heavy (non-hydrogen) atoms. The largest absolute Gasteiger partial charge is 0.357 e. The predicted octanol–water partition coefficient (Wildman–Crippen LogP) is 2.00. The van der Waals surface area contributed by atoms with Crippen LogP contribution in [0.15, 0.2) is 4.99 Å². The predicted molar refractivity (Wildman–Crippen MR) is 101 cm³/mol. The third kappa shape index (κ3) is 7.53. The summed E-state index contributed by atoms with van der Waals surface area (Å²) in [7, 11) is 4.34. The maximum absolute atomic E-state index is 4.82. The molecule has 0 aromatic carbocycles. The fourth-order valence-corrected chi connectivity index (χ4v) is 3.16. The third-order valence-electron chi connectivity index (χ3n) is 4.60. The van der Waals surface area contributed by atoms with Crippen molar-refractivity contribution in [1.82, 2.24) is 20.4 Å². The molecule has 1 rings (SSSR count). The van der Waals surface area contributed by atoms with Crippen LogP contribution in [0, 0.1) is 5.92 Å². The summed E-state index contributed by atoms with van der Waals surface area (Å²) in [6.07, 6.45) is 2.72. The Bertz CT molecular complexity index is 337. The van der Waals surface area contributed by atoms with Crippen LogP contribution in [-0.4, -0.2) is 74.2 Å². The lowest BCUT2D eigenvalue weighted by atomic mass is 10.2. The maximum atomic E-state index is 4.82. The van der Waals surface area contributed by atoms with Crippen LogP contribution in [0.2, 0.25) is 0 Å². The summed E-state index contributed by atoms with van der Waals surface area (Å²) in [5.74, 6) is 1.79. The number of nitrogens with zero attached hydrogens (tertiary/aromatic N) is 3. The van der Waals surface area contributed by atoms with Gasteiger partial charge in [-0.15, -0.1) is 0 Å². The van der Waals surface area contributed by atoms with E-state index >= 15 is 0 Å². The zero-order valence-electron chi connectivity index (χ0n) is 16.4. The summed E-state index contributed by atoms with van der Waals surface area (Å²) in [4.78, 5) is 9.64. The van der Waals surface area contributed by atoms with E-state index in [4.69, 9.17) is 4.99 Å². The van der Waals surface area contributed by atoms with E-state index < -0.39 is 0 Å². The molecule has 0 amide bonds. The minimum atomic E-state index is 0.573. The van der Waals surface area contributed by atoms with Gasteiger partial charge in [0.15, 0.2) is 5.96 Å². The Hall–Kier alpha value is -0.810. The Balaban J connectivity index is 2.48. The Labute approximate surface area is 143 Å². The molecule has 0 saturated heterocycles. The van der Waals surface area contributed by atoms with Crippen molar-refractivity contribution in [2.24, 2.45) is 10.9 Å². The van der Waals surface area contributed by atoms with Gasteiger partial charge in [0.1, 0.15) is 0 Å². The molecule has 1 aliphatic carbocycles. The molecule has 1 aliphatic rings. The highest BCUT2D eigenvalue weighted by atomic mass is 15.2. The number of likely N-dealkylation sites (N-methyl/N-ethyl adjacent to an activating group) is 1. The van der Waals surface area contributed by atoms with Gasteiger partial charge >= 0.3 is 0 Å². The second-order valence-electron chi connectivity index (χ2n) is 7.44. The first-order chi connectivity index (χ1) is 10.9. The molecule has 1 atom stereocenters. The van der Waals surface area contributed by atoms with Crippen LogP contribution in [0.1, 0.15) is 47.5 Å². The van der Waals surface area contributed by atoms with E-state index in [2.05, 4.69) is 69.1 Å². The molecular formula is C18H39N5. The summed E-state index contributed by atoms with van der Waals surface area (Å²) in [5, 5.41) is 6.86. The molecule has 1 unspecified atom stereocenters. The molecule has 1 fully saturated rings. The monoisotopic (exact) mass is 325 g/mol. The van der Waals surface area contributed by atoms with Gasteiger partial charge in [0.25, 0.3) is 0 Å². The Morgan fingerprint density at radius 1 is 1.09 bits per heavy atom. The average molecular weight is 326 g/mol. The van der Waals surface area contributed by atoms with Crippen molar-refractivity contribution in [2.45, 2.75) is 65.6 Å². The van der Waals surface area contributed by atoms with Crippen molar-refractivity contribution in [2.75, 3.05) is 40.3 Å². The maximum Gasteiger partial charge on any atom is 0.191 e. The number of hydrogen-bond donors (Lipinski definition) is 2. The first kappa shape index (κ1) is 20.2. The van der Waals surface area contributed by atoms with Crippen LogP contribution in [0.3, 0.4) is 0 Å². The molecule has 0 spiro atoms. The third-order valence-corrected chi connectivity index (χ3v) is 4.60. The number of guanidine groups is 1. The Morgan fingerprint density at radius 2 is 1.70 bits per heavy atom. The Morgan fingerprint density at radius 3 is 2.13 bits per heavy atom. The normalized spacial score (nSPS) is 17.4. The van der Waals surface area contributed by atoms with Crippen molar-refractivity contribution in [1.29, 1.82) is 0 Å². The van der Waals surface area contributed by atoms with Crippen LogP contribution in [-0.2, 0) is 0 Å². The molecule has 5 heteroatoms. The van der Waals surface area contributed by atoms with Gasteiger partial charge < -0.3 is 15.5 Å². The quantitative estimate of drug-likeness (QED) is 0.476. The Kier molecular flexibility index (Phi) is 8.92. The molecule has 0 bridgehead atoms. The van der Waals surface area contributed by atoms with Gasteiger partial charge in [-0.3, -0.25) is 9.89 Å². The highest BCUT2D eigenvalue weighted by molar-refractivity contribution is 5.79. The van der Waals surface area contributed by atoms with E-state index in [1.165, 1.54) is 12.8 Å². The summed E-state index contributed by atoms with van der Waals surface area (Å²) in [6.45, 7) is 14.9. The van der Waals surface area contributed by atoms with Crippen LogP contribution < -0.4 is 10.6 Å². The smallest absolute Gasteiger partial charge is 0.191 e. The van der Waals surface area contributed by atoms with E-state index in [9.17, 15) is 0 Å². The first-order valence-electron chi connectivity index (χ1n) is 9.31. The lowest BCUT2D eigenvalue weighted by Crippen LogP contribution is -2.45. The van der Waals surface area contributed by atoms with E-state index in [0.717, 1.165) is 38.1 Å². The minimum Gasteiger partial charge on any atom is -0.357 e. The summed E-state index contributed by atoms with van der Waals surface area (Å²) < 4.78 is 0. The lowest BCUT2D eigenvalue weighted by Gasteiger charge is -2.30. The zero-order valence-corrected chi connectivity index (χ0v) is 16.4. The molecule has 5 nitrogen and oxygen atoms in total. The van der Waals surface area contributed by atoms with Crippen LogP contribution in [0.4, 0.5) is 0 Å². The van der Waals surface area contributed by atoms with Gasteiger partial charge in [-0.1, -0.05) is 0 Å². The van der Waals surface area contributed by atoms with E-state index in [1.54, 1.807) is 0 Å².